The molecule has 4 nitrogen and oxygen atoms in total. The molecule has 0 atom stereocenters. The quantitative estimate of drug-likeness (QED) is 0.904. The molecule has 0 unspecified atom stereocenters. The van der Waals surface area contributed by atoms with Gasteiger partial charge < -0.3 is 10.2 Å². The number of amides is 1. The summed E-state index contributed by atoms with van der Waals surface area (Å²) in [7, 11) is 2.14. The van der Waals surface area contributed by atoms with Crippen molar-refractivity contribution in [3.63, 3.8) is 0 Å². The molecule has 2 rings (SSSR count). The van der Waals surface area contributed by atoms with Crippen LogP contribution in [0.1, 0.15) is 24.0 Å². The Morgan fingerprint density at radius 2 is 2.00 bits per heavy atom. The van der Waals surface area contributed by atoms with Crippen molar-refractivity contribution in [1.29, 1.82) is 5.26 Å². The smallest absolute Gasteiger partial charge is 0.224 e. The third kappa shape index (κ3) is 4.36. The number of hydrogen-bond acceptors (Lipinski definition) is 3. The maximum Gasteiger partial charge on any atom is 0.224 e. The fourth-order valence-electron chi connectivity index (χ4n) is 2.47. The van der Waals surface area contributed by atoms with Crippen LogP contribution in [0.4, 0.5) is 0 Å². The highest BCUT2D eigenvalue weighted by Crippen LogP contribution is 2.14. The van der Waals surface area contributed by atoms with Gasteiger partial charge in [0.05, 0.1) is 18.1 Å². The lowest BCUT2D eigenvalue weighted by atomic mass is 9.97. The number of piperidine rings is 1. The molecule has 4 heteroatoms. The summed E-state index contributed by atoms with van der Waals surface area (Å²) in [4.78, 5) is 14.2. The molecule has 20 heavy (non-hydrogen) atoms. The van der Waals surface area contributed by atoms with E-state index in [0.717, 1.165) is 38.0 Å². The first kappa shape index (κ1) is 14.5. The molecular weight excluding hydrogens is 250 g/mol. The second kappa shape index (κ2) is 7.06. The zero-order valence-corrected chi connectivity index (χ0v) is 11.9. The first-order valence-corrected chi connectivity index (χ1v) is 7.11. The second-order valence-corrected chi connectivity index (χ2v) is 5.54. The molecule has 1 amide bonds. The molecule has 1 saturated heterocycles. The van der Waals surface area contributed by atoms with E-state index in [4.69, 9.17) is 5.26 Å². The molecular formula is C16H21N3O. The van der Waals surface area contributed by atoms with Crippen molar-refractivity contribution in [2.24, 2.45) is 5.92 Å². The zero-order chi connectivity index (χ0) is 14.4. The fourth-order valence-corrected chi connectivity index (χ4v) is 2.47. The van der Waals surface area contributed by atoms with E-state index in [1.54, 1.807) is 12.1 Å². The number of nitriles is 1. The van der Waals surface area contributed by atoms with E-state index < -0.39 is 0 Å². The van der Waals surface area contributed by atoms with Gasteiger partial charge in [0.2, 0.25) is 5.91 Å². The first-order chi connectivity index (χ1) is 9.67. The molecule has 1 N–H and O–H groups in total. The van der Waals surface area contributed by atoms with Crippen LogP contribution in [0.2, 0.25) is 0 Å². The van der Waals surface area contributed by atoms with Gasteiger partial charge in [0, 0.05) is 6.54 Å². The Kier molecular flexibility index (Phi) is 5.14. The van der Waals surface area contributed by atoms with Crippen LogP contribution in [-0.4, -0.2) is 37.5 Å². The number of hydrogen-bond donors (Lipinski definition) is 1. The van der Waals surface area contributed by atoms with Crippen LogP contribution in [0.5, 0.6) is 0 Å². The molecule has 1 aromatic rings. The van der Waals surface area contributed by atoms with Crippen LogP contribution >= 0.6 is 0 Å². The minimum atomic E-state index is 0.0636. The highest BCUT2D eigenvalue weighted by atomic mass is 16.1. The van der Waals surface area contributed by atoms with E-state index in [2.05, 4.69) is 23.3 Å². The molecule has 1 heterocycles. The van der Waals surface area contributed by atoms with Crippen molar-refractivity contribution in [3.05, 3.63) is 35.4 Å². The minimum Gasteiger partial charge on any atom is -0.356 e. The van der Waals surface area contributed by atoms with Gasteiger partial charge in [-0.1, -0.05) is 12.1 Å². The lowest BCUT2D eigenvalue weighted by Crippen LogP contribution is -2.37. The number of benzene rings is 1. The van der Waals surface area contributed by atoms with E-state index in [9.17, 15) is 4.79 Å². The molecule has 0 aromatic heterocycles. The molecule has 0 bridgehead atoms. The van der Waals surface area contributed by atoms with Crippen LogP contribution < -0.4 is 5.32 Å². The fraction of sp³-hybridized carbons (Fsp3) is 0.500. The van der Waals surface area contributed by atoms with E-state index in [1.165, 1.54) is 0 Å². The van der Waals surface area contributed by atoms with Crippen molar-refractivity contribution in [2.75, 3.05) is 26.7 Å². The predicted octanol–water partition coefficient (Wildman–Crippen LogP) is 1.56. The van der Waals surface area contributed by atoms with Crippen molar-refractivity contribution < 1.29 is 4.79 Å². The monoisotopic (exact) mass is 271 g/mol. The zero-order valence-electron chi connectivity index (χ0n) is 11.9. The highest BCUT2D eigenvalue weighted by Gasteiger charge is 2.17. The van der Waals surface area contributed by atoms with Gasteiger partial charge in [0.25, 0.3) is 0 Å². The van der Waals surface area contributed by atoms with E-state index >= 15 is 0 Å². The Morgan fingerprint density at radius 1 is 1.35 bits per heavy atom. The van der Waals surface area contributed by atoms with Gasteiger partial charge in [-0.05, 0) is 56.6 Å². The summed E-state index contributed by atoms with van der Waals surface area (Å²) in [6, 6.07) is 9.26. The van der Waals surface area contributed by atoms with Crippen molar-refractivity contribution in [2.45, 2.75) is 19.3 Å². The molecule has 0 radical (unpaired) electrons. The van der Waals surface area contributed by atoms with Crippen LogP contribution in [0, 0.1) is 17.2 Å². The van der Waals surface area contributed by atoms with Gasteiger partial charge in [0.1, 0.15) is 0 Å². The summed E-state index contributed by atoms with van der Waals surface area (Å²) in [5.41, 5.74) is 1.57. The SMILES string of the molecule is CN1CCC(CNC(=O)Cc2ccc(C#N)cc2)CC1. The van der Waals surface area contributed by atoms with Crippen LogP contribution in [0.25, 0.3) is 0 Å². The topological polar surface area (TPSA) is 56.1 Å². The summed E-state index contributed by atoms with van der Waals surface area (Å²) in [6.07, 6.45) is 2.71. The third-order valence-electron chi connectivity index (χ3n) is 3.87. The molecule has 1 aliphatic rings. The number of nitrogens with one attached hydrogen (secondary N) is 1. The second-order valence-electron chi connectivity index (χ2n) is 5.54. The summed E-state index contributed by atoms with van der Waals surface area (Å²) in [6.45, 7) is 3.02. The van der Waals surface area contributed by atoms with Gasteiger partial charge in [0.15, 0.2) is 0 Å². The Labute approximate surface area is 120 Å². The molecule has 0 spiro atoms. The minimum absolute atomic E-state index is 0.0636. The van der Waals surface area contributed by atoms with Crippen LogP contribution in [0.15, 0.2) is 24.3 Å². The van der Waals surface area contributed by atoms with Gasteiger partial charge in [-0.3, -0.25) is 4.79 Å². The standard InChI is InChI=1S/C16H21N3O/c1-19-8-6-15(7-9-19)12-18-16(20)10-13-2-4-14(11-17)5-3-13/h2-5,15H,6-10,12H2,1H3,(H,18,20). The predicted molar refractivity (Wildman–Crippen MR) is 78.1 cm³/mol. The average molecular weight is 271 g/mol. The summed E-state index contributed by atoms with van der Waals surface area (Å²) in [5.74, 6) is 0.671. The van der Waals surface area contributed by atoms with Gasteiger partial charge in [-0.25, -0.2) is 0 Å². The Balaban J connectivity index is 1.73. The summed E-state index contributed by atoms with van der Waals surface area (Å²) in [5, 5.41) is 11.7. The average Bonchev–Trinajstić information content (AvgIpc) is 2.47. The van der Waals surface area contributed by atoms with Crippen molar-refractivity contribution >= 4 is 5.91 Å². The largest absolute Gasteiger partial charge is 0.356 e. The molecule has 0 aliphatic carbocycles. The Morgan fingerprint density at radius 3 is 2.60 bits per heavy atom. The molecule has 106 valence electrons. The lowest BCUT2D eigenvalue weighted by molar-refractivity contribution is -0.120. The van der Waals surface area contributed by atoms with Gasteiger partial charge in [-0.15, -0.1) is 0 Å². The molecule has 1 aliphatic heterocycles. The first-order valence-electron chi connectivity index (χ1n) is 7.11. The lowest BCUT2D eigenvalue weighted by Gasteiger charge is -2.28. The molecule has 0 saturated carbocycles. The number of rotatable bonds is 4. The van der Waals surface area contributed by atoms with Gasteiger partial charge >= 0.3 is 0 Å². The van der Waals surface area contributed by atoms with E-state index in [-0.39, 0.29) is 5.91 Å². The number of carbonyl (C=O) groups excluding carboxylic acids is 1. The van der Waals surface area contributed by atoms with Crippen molar-refractivity contribution in [3.8, 4) is 6.07 Å². The summed E-state index contributed by atoms with van der Waals surface area (Å²) >= 11 is 0. The highest BCUT2D eigenvalue weighted by molar-refractivity contribution is 5.78. The van der Waals surface area contributed by atoms with E-state index in [1.807, 2.05) is 12.1 Å². The third-order valence-corrected chi connectivity index (χ3v) is 3.87. The Bertz CT molecular complexity index is 481. The van der Waals surface area contributed by atoms with Crippen LogP contribution in [0.3, 0.4) is 0 Å². The van der Waals surface area contributed by atoms with Gasteiger partial charge in [-0.2, -0.15) is 5.26 Å². The van der Waals surface area contributed by atoms with Crippen LogP contribution in [-0.2, 0) is 11.2 Å². The van der Waals surface area contributed by atoms with E-state index in [0.29, 0.717) is 17.9 Å². The molecule has 1 fully saturated rings. The Hall–Kier alpha value is -1.86. The maximum atomic E-state index is 11.9. The maximum absolute atomic E-state index is 11.9. The number of likely N-dealkylation sites (tertiary alicyclic amines) is 1. The number of nitrogens with zero attached hydrogens (tertiary/aromatic N) is 2. The normalized spacial score (nSPS) is 16.6. The number of carbonyl (C=O) groups is 1. The summed E-state index contributed by atoms with van der Waals surface area (Å²) < 4.78 is 0. The van der Waals surface area contributed by atoms with Crippen molar-refractivity contribution in [1.82, 2.24) is 10.2 Å². The molecule has 1 aromatic carbocycles.